The SMILES string of the molecule is CC(C)C1CCN(C(=O)c2cc(F)ccc2[N+](=O)[O-])C1. The Morgan fingerprint density at radius 2 is 2.20 bits per heavy atom. The minimum atomic E-state index is -0.650. The van der Waals surface area contributed by atoms with E-state index < -0.39 is 16.6 Å². The summed E-state index contributed by atoms with van der Waals surface area (Å²) in [7, 11) is 0. The Morgan fingerprint density at radius 1 is 1.50 bits per heavy atom. The van der Waals surface area contributed by atoms with Crippen LogP contribution in [0.4, 0.5) is 10.1 Å². The van der Waals surface area contributed by atoms with Crippen LogP contribution in [0.2, 0.25) is 0 Å². The van der Waals surface area contributed by atoms with Crippen molar-refractivity contribution in [1.82, 2.24) is 4.90 Å². The molecular weight excluding hydrogens is 263 g/mol. The van der Waals surface area contributed by atoms with Crippen LogP contribution in [-0.2, 0) is 0 Å². The standard InChI is InChI=1S/C14H17FN2O3/c1-9(2)10-5-6-16(8-10)14(18)12-7-11(15)3-4-13(12)17(19)20/h3-4,7,9-10H,5-6,8H2,1-2H3. The summed E-state index contributed by atoms with van der Waals surface area (Å²) < 4.78 is 13.3. The van der Waals surface area contributed by atoms with E-state index in [1.54, 1.807) is 4.90 Å². The van der Waals surface area contributed by atoms with Gasteiger partial charge < -0.3 is 4.90 Å². The van der Waals surface area contributed by atoms with E-state index in [0.717, 1.165) is 24.6 Å². The monoisotopic (exact) mass is 280 g/mol. The van der Waals surface area contributed by atoms with Crippen LogP contribution in [0.3, 0.4) is 0 Å². The zero-order valence-electron chi connectivity index (χ0n) is 11.5. The van der Waals surface area contributed by atoms with E-state index in [1.165, 1.54) is 0 Å². The first-order chi connectivity index (χ1) is 9.40. The number of benzene rings is 1. The minimum absolute atomic E-state index is 0.167. The maximum atomic E-state index is 13.3. The predicted molar refractivity (Wildman–Crippen MR) is 71.9 cm³/mol. The number of amides is 1. The smallest absolute Gasteiger partial charge is 0.282 e. The lowest BCUT2D eigenvalue weighted by Crippen LogP contribution is -2.30. The van der Waals surface area contributed by atoms with Crippen molar-refractivity contribution in [2.24, 2.45) is 11.8 Å². The Bertz CT molecular complexity index is 545. The van der Waals surface area contributed by atoms with Crippen LogP contribution in [0, 0.1) is 27.8 Å². The first-order valence-electron chi connectivity index (χ1n) is 6.63. The topological polar surface area (TPSA) is 63.5 Å². The number of nitrogens with zero attached hydrogens (tertiary/aromatic N) is 2. The van der Waals surface area contributed by atoms with Crippen LogP contribution >= 0.6 is 0 Å². The second-order valence-electron chi connectivity index (χ2n) is 5.46. The number of halogens is 1. The molecule has 1 saturated heterocycles. The predicted octanol–water partition coefficient (Wildman–Crippen LogP) is 2.85. The van der Waals surface area contributed by atoms with Gasteiger partial charge in [0.1, 0.15) is 11.4 Å². The molecule has 0 N–H and O–H groups in total. The lowest BCUT2D eigenvalue weighted by Gasteiger charge is -2.18. The fourth-order valence-electron chi connectivity index (χ4n) is 2.53. The van der Waals surface area contributed by atoms with E-state index in [4.69, 9.17) is 0 Å². The molecule has 0 aliphatic carbocycles. The molecule has 1 aliphatic rings. The molecular formula is C14H17FN2O3. The van der Waals surface area contributed by atoms with Gasteiger partial charge in [-0.1, -0.05) is 13.8 Å². The lowest BCUT2D eigenvalue weighted by atomic mass is 9.95. The number of likely N-dealkylation sites (tertiary alicyclic amines) is 1. The van der Waals surface area contributed by atoms with Crippen molar-refractivity contribution in [2.75, 3.05) is 13.1 Å². The van der Waals surface area contributed by atoms with Gasteiger partial charge in [-0.15, -0.1) is 0 Å². The summed E-state index contributed by atoms with van der Waals surface area (Å²) in [5.41, 5.74) is -0.510. The zero-order chi connectivity index (χ0) is 14.9. The number of nitro benzene ring substituents is 1. The van der Waals surface area contributed by atoms with Gasteiger partial charge in [-0.2, -0.15) is 0 Å². The molecule has 1 fully saturated rings. The number of nitro groups is 1. The van der Waals surface area contributed by atoms with Crippen molar-refractivity contribution in [1.29, 1.82) is 0 Å². The Hall–Kier alpha value is -1.98. The van der Waals surface area contributed by atoms with Gasteiger partial charge in [0.25, 0.3) is 11.6 Å². The lowest BCUT2D eigenvalue weighted by molar-refractivity contribution is -0.385. The summed E-state index contributed by atoms with van der Waals surface area (Å²) in [4.78, 5) is 24.2. The highest BCUT2D eigenvalue weighted by Crippen LogP contribution is 2.27. The summed E-state index contributed by atoms with van der Waals surface area (Å²) in [6, 6.07) is 2.98. The molecule has 1 heterocycles. The van der Waals surface area contributed by atoms with Gasteiger partial charge in [0, 0.05) is 19.2 Å². The molecule has 0 aromatic heterocycles. The second kappa shape index (κ2) is 5.56. The number of carbonyl (C=O) groups excluding carboxylic acids is 1. The van der Waals surface area contributed by atoms with Gasteiger partial charge in [0.05, 0.1) is 4.92 Å². The number of hydrogen-bond acceptors (Lipinski definition) is 3. The summed E-state index contributed by atoms with van der Waals surface area (Å²) >= 11 is 0. The van der Waals surface area contributed by atoms with Gasteiger partial charge in [-0.3, -0.25) is 14.9 Å². The van der Waals surface area contributed by atoms with Crippen molar-refractivity contribution >= 4 is 11.6 Å². The Morgan fingerprint density at radius 3 is 2.75 bits per heavy atom. The fourth-order valence-corrected chi connectivity index (χ4v) is 2.53. The van der Waals surface area contributed by atoms with E-state index in [0.29, 0.717) is 24.9 Å². The molecule has 0 spiro atoms. The minimum Gasteiger partial charge on any atom is -0.338 e. The number of carbonyl (C=O) groups is 1. The van der Waals surface area contributed by atoms with Gasteiger partial charge >= 0.3 is 0 Å². The van der Waals surface area contributed by atoms with Gasteiger partial charge in [0.15, 0.2) is 0 Å². The molecule has 1 atom stereocenters. The average Bonchev–Trinajstić information content (AvgIpc) is 2.87. The zero-order valence-corrected chi connectivity index (χ0v) is 11.5. The Balaban J connectivity index is 2.26. The number of rotatable bonds is 3. The molecule has 0 saturated carbocycles. The molecule has 20 heavy (non-hydrogen) atoms. The molecule has 1 aromatic rings. The van der Waals surface area contributed by atoms with Crippen molar-refractivity contribution in [3.8, 4) is 0 Å². The molecule has 0 radical (unpaired) electrons. The van der Waals surface area contributed by atoms with Crippen LogP contribution in [0.25, 0.3) is 0 Å². The maximum absolute atomic E-state index is 13.3. The van der Waals surface area contributed by atoms with Crippen LogP contribution < -0.4 is 0 Å². The summed E-state index contributed by atoms with van der Waals surface area (Å²) in [6.45, 7) is 5.31. The van der Waals surface area contributed by atoms with Gasteiger partial charge in [-0.25, -0.2) is 4.39 Å². The second-order valence-corrected chi connectivity index (χ2v) is 5.46. The average molecular weight is 280 g/mol. The first-order valence-corrected chi connectivity index (χ1v) is 6.63. The van der Waals surface area contributed by atoms with Gasteiger partial charge in [-0.05, 0) is 30.4 Å². The van der Waals surface area contributed by atoms with Crippen LogP contribution in [0.15, 0.2) is 18.2 Å². The highest BCUT2D eigenvalue weighted by molar-refractivity contribution is 5.98. The molecule has 108 valence electrons. The largest absolute Gasteiger partial charge is 0.338 e. The fraction of sp³-hybridized carbons (Fsp3) is 0.500. The van der Waals surface area contributed by atoms with E-state index >= 15 is 0 Å². The van der Waals surface area contributed by atoms with E-state index in [9.17, 15) is 19.3 Å². The van der Waals surface area contributed by atoms with Crippen LogP contribution in [-0.4, -0.2) is 28.8 Å². The van der Waals surface area contributed by atoms with Crippen molar-refractivity contribution in [3.63, 3.8) is 0 Å². The Kier molecular flexibility index (Phi) is 4.01. The third kappa shape index (κ3) is 2.79. The number of hydrogen-bond donors (Lipinski definition) is 0. The summed E-state index contributed by atoms with van der Waals surface area (Å²) in [5, 5.41) is 10.9. The van der Waals surface area contributed by atoms with E-state index in [1.807, 2.05) is 0 Å². The van der Waals surface area contributed by atoms with Crippen molar-refractivity contribution in [2.45, 2.75) is 20.3 Å². The molecule has 6 heteroatoms. The van der Waals surface area contributed by atoms with Crippen molar-refractivity contribution < 1.29 is 14.1 Å². The molecule has 1 aromatic carbocycles. The molecule has 2 rings (SSSR count). The highest BCUT2D eigenvalue weighted by atomic mass is 19.1. The third-order valence-electron chi connectivity index (χ3n) is 3.84. The first kappa shape index (κ1) is 14.4. The molecule has 1 amide bonds. The van der Waals surface area contributed by atoms with Crippen LogP contribution in [0.1, 0.15) is 30.6 Å². The third-order valence-corrected chi connectivity index (χ3v) is 3.84. The van der Waals surface area contributed by atoms with Crippen LogP contribution in [0.5, 0.6) is 0 Å². The normalized spacial score (nSPS) is 18.6. The molecule has 1 aliphatic heterocycles. The quantitative estimate of drug-likeness (QED) is 0.631. The molecule has 0 bridgehead atoms. The molecule has 5 nitrogen and oxygen atoms in total. The Labute approximate surface area is 116 Å². The summed E-state index contributed by atoms with van der Waals surface area (Å²) in [6.07, 6.45) is 0.881. The summed E-state index contributed by atoms with van der Waals surface area (Å²) in [5.74, 6) is -0.250. The van der Waals surface area contributed by atoms with E-state index in [-0.39, 0.29) is 11.3 Å². The van der Waals surface area contributed by atoms with Gasteiger partial charge in [0.2, 0.25) is 0 Å². The molecule has 1 unspecified atom stereocenters. The maximum Gasteiger partial charge on any atom is 0.282 e. The van der Waals surface area contributed by atoms with E-state index in [2.05, 4.69) is 13.8 Å². The van der Waals surface area contributed by atoms with Crippen molar-refractivity contribution in [3.05, 3.63) is 39.7 Å². The highest BCUT2D eigenvalue weighted by Gasteiger charge is 2.32.